The van der Waals surface area contributed by atoms with Crippen LogP contribution in [-0.4, -0.2) is 30.1 Å². The van der Waals surface area contributed by atoms with Gasteiger partial charge in [0.1, 0.15) is 0 Å². The molecule has 16 heavy (non-hydrogen) atoms. The highest BCUT2D eigenvalue weighted by Crippen LogP contribution is 2.24. The largest absolute Gasteiger partial charge is 0.311 e. The highest BCUT2D eigenvalue weighted by atomic mass is 35.5. The van der Waals surface area contributed by atoms with Crippen molar-refractivity contribution in [1.29, 1.82) is 0 Å². The molecule has 2 fully saturated rings. The minimum atomic E-state index is 0. The Balaban J connectivity index is 0.000000640. The summed E-state index contributed by atoms with van der Waals surface area (Å²) >= 11 is 0. The number of benzene rings is 1. The molecule has 90 valence electrons. The van der Waals surface area contributed by atoms with E-state index in [0.29, 0.717) is 0 Å². The maximum Gasteiger partial charge on any atom is 0.0240 e. The Bertz CT molecular complexity index is 318. The average Bonchev–Trinajstić information content (AvgIpc) is 2.81. The molecule has 2 heterocycles. The first kappa shape index (κ1) is 13.8. The molecule has 2 nitrogen and oxygen atoms in total. The molecule has 1 N–H and O–H groups in total. The molecule has 2 aliphatic heterocycles. The zero-order valence-electron chi connectivity index (χ0n) is 9.13. The van der Waals surface area contributed by atoms with Gasteiger partial charge in [0, 0.05) is 31.7 Å². The summed E-state index contributed by atoms with van der Waals surface area (Å²) in [6.45, 7) is 3.56. The predicted octanol–water partition coefficient (Wildman–Crippen LogP) is 2.08. The van der Waals surface area contributed by atoms with Crippen molar-refractivity contribution < 1.29 is 0 Å². The molecule has 1 aromatic carbocycles. The molecule has 2 unspecified atom stereocenters. The molecule has 0 saturated carbocycles. The lowest BCUT2D eigenvalue weighted by Gasteiger charge is -2.27. The topological polar surface area (TPSA) is 15.3 Å². The molecular formula is C12H18Cl2N2. The quantitative estimate of drug-likeness (QED) is 0.876. The normalized spacial score (nSPS) is 27.2. The van der Waals surface area contributed by atoms with Crippen LogP contribution in [0.2, 0.25) is 0 Å². The summed E-state index contributed by atoms with van der Waals surface area (Å²) in [5.74, 6) is 0. The number of halogens is 2. The van der Waals surface area contributed by atoms with Crippen molar-refractivity contribution in [3.05, 3.63) is 35.9 Å². The molecule has 0 aromatic heterocycles. The third kappa shape index (κ3) is 2.69. The van der Waals surface area contributed by atoms with Crippen LogP contribution in [0.1, 0.15) is 12.0 Å². The van der Waals surface area contributed by atoms with E-state index in [1.807, 2.05) is 0 Å². The van der Waals surface area contributed by atoms with Gasteiger partial charge in [0.25, 0.3) is 0 Å². The van der Waals surface area contributed by atoms with E-state index >= 15 is 0 Å². The summed E-state index contributed by atoms with van der Waals surface area (Å²) in [7, 11) is 0. The van der Waals surface area contributed by atoms with Crippen LogP contribution in [0.15, 0.2) is 30.3 Å². The third-order valence-electron chi connectivity index (χ3n) is 3.40. The van der Waals surface area contributed by atoms with Crippen molar-refractivity contribution in [2.45, 2.75) is 25.0 Å². The monoisotopic (exact) mass is 260 g/mol. The van der Waals surface area contributed by atoms with Gasteiger partial charge in [-0.3, -0.25) is 4.90 Å². The molecule has 2 atom stereocenters. The van der Waals surface area contributed by atoms with E-state index in [-0.39, 0.29) is 24.8 Å². The highest BCUT2D eigenvalue weighted by molar-refractivity contribution is 5.85. The zero-order valence-corrected chi connectivity index (χ0v) is 10.8. The maximum atomic E-state index is 3.53. The zero-order chi connectivity index (χ0) is 9.38. The average molecular weight is 261 g/mol. The van der Waals surface area contributed by atoms with Gasteiger partial charge in [-0.25, -0.2) is 0 Å². The predicted molar refractivity (Wildman–Crippen MR) is 71.5 cm³/mol. The molecular weight excluding hydrogens is 243 g/mol. The van der Waals surface area contributed by atoms with Gasteiger partial charge in [-0.05, 0) is 12.0 Å². The number of piperazine rings is 1. The molecule has 2 aliphatic rings. The van der Waals surface area contributed by atoms with Crippen LogP contribution in [0.5, 0.6) is 0 Å². The van der Waals surface area contributed by atoms with Crippen LogP contribution in [0.4, 0.5) is 0 Å². The van der Waals surface area contributed by atoms with Crippen molar-refractivity contribution in [2.24, 2.45) is 0 Å². The van der Waals surface area contributed by atoms with Crippen LogP contribution < -0.4 is 5.32 Å². The molecule has 4 heteroatoms. The van der Waals surface area contributed by atoms with Gasteiger partial charge in [0.15, 0.2) is 0 Å². The van der Waals surface area contributed by atoms with Crippen molar-refractivity contribution in [3.8, 4) is 0 Å². The Kier molecular flexibility index (Phi) is 5.06. The minimum Gasteiger partial charge on any atom is -0.311 e. The molecule has 0 amide bonds. The van der Waals surface area contributed by atoms with Gasteiger partial charge in [-0.1, -0.05) is 30.3 Å². The minimum absolute atomic E-state index is 0. The van der Waals surface area contributed by atoms with E-state index in [2.05, 4.69) is 40.5 Å². The van der Waals surface area contributed by atoms with Gasteiger partial charge in [0.2, 0.25) is 0 Å². The van der Waals surface area contributed by atoms with E-state index in [1.54, 1.807) is 0 Å². The fraction of sp³-hybridized carbons (Fsp3) is 0.500. The number of likely N-dealkylation sites (tertiary alicyclic amines) is 1. The summed E-state index contributed by atoms with van der Waals surface area (Å²) in [4.78, 5) is 2.61. The number of rotatable bonds is 2. The van der Waals surface area contributed by atoms with Crippen molar-refractivity contribution in [2.75, 3.05) is 13.1 Å². The van der Waals surface area contributed by atoms with Crippen LogP contribution in [0, 0.1) is 0 Å². The van der Waals surface area contributed by atoms with Gasteiger partial charge in [-0.2, -0.15) is 0 Å². The van der Waals surface area contributed by atoms with Gasteiger partial charge in [0.05, 0.1) is 0 Å². The second-order valence-corrected chi connectivity index (χ2v) is 4.41. The smallest absolute Gasteiger partial charge is 0.0240 e. The van der Waals surface area contributed by atoms with Crippen LogP contribution in [0.3, 0.4) is 0 Å². The molecule has 2 bridgehead atoms. The van der Waals surface area contributed by atoms with Crippen LogP contribution in [0.25, 0.3) is 0 Å². The molecule has 1 aromatic rings. The number of nitrogens with zero attached hydrogens (tertiary/aromatic N) is 1. The highest BCUT2D eigenvalue weighted by Gasteiger charge is 2.36. The molecule has 0 radical (unpaired) electrons. The number of nitrogens with one attached hydrogen (secondary N) is 1. The molecule has 2 saturated heterocycles. The lowest BCUT2D eigenvalue weighted by atomic mass is 10.2. The Hall–Kier alpha value is -0.280. The Morgan fingerprint density at radius 3 is 2.50 bits per heavy atom. The first-order chi connectivity index (χ1) is 6.92. The molecule has 0 spiro atoms. The van der Waals surface area contributed by atoms with Gasteiger partial charge in [-0.15, -0.1) is 24.8 Å². The second-order valence-electron chi connectivity index (χ2n) is 4.41. The number of hydrogen-bond acceptors (Lipinski definition) is 2. The maximum absolute atomic E-state index is 3.53. The Labute approximate surface area is 109 Å². The summed E-state index contributed by atoms with van der Waals surface area (Å²) in [5, 5.41) is 3.53. The summed E-state index contributed by atoms with van der Waals surface area (Å²) in [6, 6.07) is 12.3. The first-order valence-electron chi connectivity index (χ1n) is 5.43. The summed E-state index contributed by atoms with van der Waals surface area (Å²) < 4.78 is 0. The Morgan fingerprint density at radius 1 is 1.19 bits per heavy atom. The molecule has 0 aliphatic carbocycles. The van der Waals surface area contributed by atoms with E-state index in [1.165, 1.54) is 25.1 Å². The lowest BCUT2D eigenvalue weighted by molar-refractivity contribution is 0.218. The van der Waals surface area contributed by atoms with E-state index in [0.717, 1.165) is 18.6 Å². The fourth-order valence-corrected chi connectivity index (χ4v) is 2.66. The summed E-state index contributed by atoms with van der Waals surface area (Å²) in [5.41, 5.74) is 1.44. The number of fused-ring (bicyclic) bond motifs is 2. The standard InChI is InChI=1S/C12H16N2.2ClH/c1-2-4-10(5-3-1)8-14-9-11-6-12(14)7-13-11;;/h1-5,11-13H,6-9H2;2*1H. The van der Waals surface area contributed by atoms with Crippen molar-refractivity contribution in [1.82, 2.24) is 10.2 Å². The molecule has 3 rings (SSSR count). The van der Waals surface area contributed by atoms with Crippen molar-refractivity contribution >= 4 is 24.8 Å². The van der Waals surface area contributed by atoms with Crippen LogP contribution >= 0.6 is 24.8 Å². The van der Waals surface area contributed by atoms with Gasteiger partial charge < -0.3 is 5.32 Å². The SMILES string of the molecule is Cl.Cl.c1ccc(CN2CC3CC2CN3)cc1. The Morgan fingerprint density at radius 2 is 1.94 bits per heavy atom. The fourth-order valence-electron chi connectivity index (χ4n) is 2.66. The first-order valence-corrected chi connectivity index (χ1v) is 5.43. The van der Waals surface area contributed by atoms with E-state index < -0.39 is 0 Å². The van der Waals surface area contributed by atoms with E-state index in [4.69, 9.17) is 0 Å². The lowest BCUT2D eigenvalue weighted by Crippen LogP contribution is -2.42. The van der Waals surface area contributed by atoms with Crippen LogP contribution in [-0.2, 0) is 6.54 Å². The van der Waals surface area contributed by atoms with E-state index in [9.17, 15) is 0 Å². The second kappa shape index (κ2) is 5.87. The number of hydrogen-bond donors (Lipinski definition) is 1. The van der Waals surface area contributed by atoms with Crippen molar-refractivity contribution in [3.63, 3.8) is 0 Å². The third-order valence-corrected chi connectivity index (χ3v) is 3.40. The summed E-state index contributed by atoms with van der Waals surface area (Å²) in [6.07, 6.45) is 1.35. The van der Waals surface area contributed by atoms with Gasteiger partial charge >= 0.3 is 0 Å².